The fourth-order valence-corrected chi connectivity index (χ4v) is 3.87. The molecule has 13 nitrogen and oxygen atoms in total. The molecule has 1 aromatic heterocycles. The van der Waals surface area contributed by atoms with E-state index in [9.17, 15) is 40.6 Å². The zero-order valence-electron chi connectivity index (χ0n) is 18.2. The van der Waals surface area contributed by atoms with Gasteiger partial charge in [-0.05, 0) is 48.9 Å². The Kier molecular flexibility index (Phi) is 7.67. The second-order valence-electron chi connectivity index (χ2n) is 6.67. The first-order chi connectivity index (χ1) is 15.2. The van der Waals surface area contributed by atoms with Gasteiger partial charge in [0.25, 0.3) is 5.56 Å². The zero-order valence-corrected chi connectivity index (χ0v) is 20.1. The van der Waals surface area contributed by atoms with Gasteiger partial charge in [-0.25, -0.2) is 16.8 Å². The van der Waals surface area contributed by atoms with E-state index in [1.807, 2.05) is 0 Å². The normalized spacial score (nSPS) is 12.0. The molecule has 0 aliphatic carbocycles. The second-order valence-corrected chi connectivity index (χ2v) is 9.43. The summed E-state index contributed by atoms with van der Waals surface area (Å²) in [6.07, 6.45) is 0. The summed E-state index contributed by atoms with van der Waals surface area (Å²) in [5.74, 6) is -1.72. The number of carbonyl (C=O) groups is 1. The molecule has 0 unspecified atom stereocenters. The predicted octanol–water partition coefficient (Wildman–Crippen LogP) is 0.109. The van der Waals surface area contributed by atoms with E-state index in [0.29, 0.717) is 6.07 Å². The number of hydrogen-bond acceptors (Lipinski definition) is 11. The minimum Gasteiger partial charge on any atom is -0.744 e. The molecule has 3 rings (SSSR count). The first-order valence-electron chi connectivity index (χ1n) is 8.76. The number of aryl methyl sites for hydroxylation is 2. The average molecular weight is 545 g/mol. The van der Waals surface area contributed by atoms with Crippen LogP contribution in [0.15, 0.2) is 61.2 Å². The molecule has 177 valence electrons. The Morgan fingerprint density at radius 2 is 1.53 bits per heavy atom. The standard InChI is InChI=1S/C18H16N4O9S2.Cr/c1-9-7-11(32(26,27)28)4-6-15(9)22-17(23)16(10(2)21-22)20-19-14-8-12(33(29,30)31)3-5-13(14)18(24)25;/h3-8H,1-2H3,(H4,19,21,23,24,25,26,27,28,29,30,31);/q;+3/p-3. The monoisotopic (exact) mass is 545 g/mol. The molecular formula is C18H13CrN4O9S2. The van der Waals surface area contributed by atoms with Gasteiger partial charge in [-0.3, -0.25) is 4.79 Å². The van der Waals surface area contributed by atoms with Gasteiger partial charge in [-0.1, -0.05) is 6.92 Å². The van der Waals surface area contributed by atoms with Gasteiger partial charge in [0.15, 0.2) is 0 Å². The van der Waals surface area contributed by atoms with Crippen molar-refractivity contribution in [1.82, 2.24) is 9.78 Å². The van der Waals surface area contributed by atoms with E-state index >= 15 is 0 Å². The van der Waals surface area contributed by atoms with Crippen LogP contribution in [0.3, 0.4) is 0 Å². The maximum absolute atomic E-state index is 12.8. The van der Waals surface area contributed by atoms with E-state index in [1.165, 1.54) is 19.9 Å². The van der Waals surface area contributed by atoms with Crippen molar-refractivity contribution < 1.29 is 54.6 Å². The van der Waals surface area contributed by atoms with Crippen LogP contribution in [0.25, 0.3) is 5.69 Å². The molecule has 1 radical (unpaired) electrons. The SMILES string of the molecule is Cc1cc(S(=O)(=O)[O-])ccc1-n1[n-]c(C)c(N=Nc2cc(S(=O)(=O)[O-])ccc2C(=O)[O-])c1=O.[Cr+3].[H+]. The summed E-state index contributed by atoms with van der Waals surface area (Å²) in [4.78, 5) is 22.8. The molecule has 16 heteroatoms. The summed E-state index contributed by atoms with van der Waals surface area (Å²) >= 11 is 0. The number of carbonyl (C=O) groups excluding carboxylic acids is 1. The van der Waals surface area contributed by atoms with Crippen LogP contribution in [0.1, 0.15) is 23.0 Å². The fraction of sp³-hybridized carbons (Fsp3) is 0.111. The van der Waals surface area contributed by atoms with E-state index < -0.39 is 52.8 Å². The molecule has 0 spiro atoms. The molecule has 0 N–H and O–H groups in total. The van der Waals surface area contributed by atoms with Gasteiger partial charge in [-0.2, -0.15) is 0 Å². The molecule has 1 heterocycles. The molecule has 2 aromatic carbocycles. The Balaban J connectivity index is 0.00000306. The van der Waals surface area contributed by atoms with Gasteiger partial charge >= 0.3 is 18.8 Å². The summed E-state index contributed by atoms with van der Waals surface area (Å²) in [7, 11) is -9.64. The van der Waals surface area contributed by atoms with Crippen molar-refractivity contribution in [3.05, 3.63) is 63.6 Å². The quantitative estimate of drug-likeness (QED) is 0.301. The number of aromatic nitrogens is 2. The molecule has 0 aliphatic heterocycles. The summed E-state index contributed by atoms with van der Waals surface area (Å²) < 4.78 is 68.0. The van der Waals surface area contributed by atoms with Gasteiger partial charge in [0.1, 0.15) is 25.9 Å². The van der Waals surface area contributed by atoms with Crippen molar-refractivity contribution in [3.63, 3.8) is 0 Å². The van der Waals surface area contributed by atoms with Crippen molar-refractivity contribution in [2.24, 2.45) is 10.2 Å². The molecule has 0 fully saturated rings. The Morgan fingerprint density at radius 3 is 2.06 bits per heavy atom. The molecule has 0 saturated heterocycles. The number of rotatable bonds is 6. The smallest absolute Gasteiger partial charge is 0.744 e. The second kappa shape index (κ2) is 9.62. The van der Waals surface area contributed by atoms with Gasteiger partial charge < -0.3 is 28.8 Å². The number of aromatic carboxylic acids is 1. The van der Waals surface area contributed by atoms with E-state index in [4.69, 9.17) is 0 Å². The number of carboxylic acids is 1. The summed E-state index contributed by atoms with van der Waals surface area (Å²) in [6, 6.07) is 5.51. The number of benzene rings is 2. The van der Waals surface area contributed by atoms with Gasteiger partial charge in [0.05, 0.1) is 21.4 Å². The van der Waals surface area contributed by atoms with Crippen LogP contribution < -0.4 is 15.8 Å². The van der Waals surface area contributed by atoms with Gasteiger partial charge in [-0.15, -0.1) is 15.9 Å². The van der Waals surface area contributed by atoms with Crippen LogP contribution in [0.5, 0.6) is 0 Å². The van der Waals surface area contributed by atoms with Crippen LogP contribution in [-0.4, -0.2) is 36.6 Å². The number of carboxylic acid groups (broad SMARTS) is 1. The van der Waals surface area contributed by atoms with Crippen molar-refractivity contribution in [3.8, 4) is 5.69 Å². The van der Waals surface area contributed by atoms with E-state index in [2.05, 4.69) is 15.3 Å². The maximum atomic E-state index is 12.8. The minimum atomic E-state index is -4.93. The van der Waals surface area contributed by atoms with Crippen LogP contribution in [0.2, 0.25) is 0 Å². The molecule has 34 heavy (non-hydrogen) atoms. The van der Waals surface area contributed by atoms with E-state index in [1.54, 1.807) is 0 Å². The van der Waals surface area contributed by atoms with Gasteiger partial charge in [0, 0.05) is 11.3 Å². The molecular weight excluding hydrogens is 532 g/mol. The molecule has 0 saturated carbocycles. The molecule has 0 atom stereocenters. The topological polar surface area (TPSA) is 215 Å². The van der Waals surface area contributed by atoms with Crippen molar-refractivity contribution in [2.75, 3.05) is 0 Å². The minimum absolute atomic E-state index is 0. The Bertz CT molecular complexity index is 1600. The summed E-state index contributed by atoms with van der Waals surface area (Å²) in [6.45, 7) is 2.83. The molecule has 0 amide bonds. The largest absolute Gasteiger partial charge is 3.00 e. The average Bonchev–Trinajstić information content (AvgIpc) is 2.98. The predicted molar refractivity (Wildman–Crippen MR) is 107 cm³/mol. The number of hydrogen-bond donors (Lipinski definition) is 0. The van der Waals surface area contributed by atoms with Crippen LogP contribution in [0.4, 0.5) is 11.4 Å². The molecule has 0 aliphatic rings. The van der Waals surface area contributed by atoms with Crippen LogP contribution in [-0.2, 0) is 37.6 Å². The van der Waals surface area contributed by atoms with Crippen molar-refractivity contribution >= 4 is 37.6 Å². The molecule has 0 bridgehead atoms. The van der Waals surface area contributed by atoms with Crippen molar-refractivity contribution in [2.45, 2.75) is 23.6 Å². The van der Waals surface area contributed by atoms with Crippen LogP contribution in [0, 0.1) is 13.8 Å². The first-order valence-corrected chi connectivity index (χ1v) is 11.6. The Labute approximate surface area is 204 Å². The maximum Gasteiger partial charge on any atom is 3.00 e. The summed E-state index contributed by atoms with van der Waals surface area (Å²) in [5, 5.41) is 22.5. The molecule has 3 aromatic rings. The number of nitrogens with zero attached hydrogens (tertiary/aromatic N) is 4. The zero-order chi connectivity index (χ0) is 24.7. The van der Waals surface area contributed by atoms with E-state index in [-0.39, 0.29) is 41.4 Å². The Hall–Kier alpha value is -3.13. The van der Waals surface area contributed by atoms with Crippen molar-refractivity contribution in [1.29, 1.82) is 0 Å². The third-order valence-electron chi connectivity index (χ3n) is 4.41. The summed E-state index contributed by atoms with van der Waals surface area (Å²) in [5.41, 5.74) is -1.84. The number of azo groups is 1. The first kappa shape index (κ1) is 27.1. The third-order valence-corrected chi connectivity index (χ3v) is 6.07. The fourth-order valence-electron chi connectivity index (χ4n) is 2.82. The van der Waals surface area contributed by atoms with E-state index in [0.717, 1.165) is 28.9 Å². The van der Waals surface area contributed by atoms with Crippen LogP contribution >= 0.6 is 0 Å². The van der Waals surface area contributed by atoms with Gasteiger partial charge in [0.2, 0.25) is 0 Å². The third kappa shape index (κ3) is 5.50. The Morgan fingerprint density at radius 1 is 0.971 bits per heavy atom.